The van der Waals surface area contributed by atoms with E-state index in [2.05, 4.69) is 17.4 Å². The molecule has 3 rings (SSSR count). The van der Waals surface area contributed by atoms with E-state index in [1.807, 2.05) is 37.4 Å². The van der Waals surface area contributed by atoms with Crippen molar-refractivity contribution in [1.82, 2.24) is 0 Å². The van der Waals surface area contributed by atoms with Crippen molar-refractivity contribution in [3.8, 4) is 0 Å². The number of carbonyl (C=O) groups is 2. The number of quaternary nitrogens is 1. The zero-order valence-electron chi connectivity index (χ0n) is 16.7. The third kappa shape index (κ3) is 4.91. The van der Waals surface area contributed by atoms with Crippen LogP contribution in [0.1, 0.15) is 40.6 Å². The maximum Gasteiger partial charge on any atom is 0.350 e. The molecule has 2 heterocycles. The number of amides is 1. The first-order chi connectivity index (χ1) is 13.0. The van der Waals surface area contributed by atoms with Crippen molar-refractivity contribution >= 4 is 28.9 Å². The molecule has 0 spiro atoms. The average Bonchev–Trinajstić information content (AvgIpc) is 3.29. The van der Waals surface area contributed by atoms with Crippen LogP contribution >= 0.6 is 11.3 Å². The fraction of sp³-hybridized carbons (Fsp3) is 0.429. The molecule has 0 bridgehead atoms. The molecule has 5 nitrogen and oxygen atoms in total. The van der Waals surface area contributed by atoms with Gasteiger partial charge in [0, 0.05) is 51.1 Å². The second-order valence-corrected chi connectivity index (χ2v) is 8.18. The van der Waals surface area contributed by atoms with Crippen molar-refractivity contribution in [1.29, 1.82) is 0 Å². The Hall–Kier alpha value is -1.08. The van der Waals surface area contributed by atoms with E-state index in [4.69, 9.17) is 4.74 Å². The number of likely N-dealkylation sites (tertiary alicyclic amines) is 1. The van der Waals surface area contributed by atoms with Crippen LogP contribution in [0.25, 0.3) is 0 Å². The predicted octanol–water partition coefficient (Wildman–Crippen LogP) is 3.98. The van der Waals surface area contributed by atoms with Crippen LogP contribution in [0.2, 0.25) is 0 Å². The molecule has 147 valence electrons. The van der Waals surface area contributed by atoms with E-state index in [0.29, 0.717) is 10.6 Å². The summed E-state index contributed by atoms with van der Waals surface area (Å²) in [6.45, 7) is 6.74. The molecule has 1 aromatic heterocycles. The van der Waals surface area contributed by atoms with Crippen LogP contribution in [0.15, 0.2) is 35.7 Å². The molecule has 1 aliphatic rings. The van der Waals surface area contributed by atoms with E-state index in [1.165, 1.54) is 24.0 Å². The van der Waals surface area contributed by atoms with Gasteiger partial charge in [0.25, 0.3) is 5.91 Å². The Morgan fingerprint density at radius 1 is 1.21 bits per heavy atom. The number of methoxy groups -OCH3 is 1. The number of ether oxygens (including phenoxy) is 1. The first-order valence-corrected chi connectivity index (χ1v) is 10.2. The van der Waals surface area contributed by atoms with Crippen LogP contribution in [-0.2, 0) is 48.8 Å². The second kappa shape index (κ2) is 10.1. The Morgan fingerprint density at radius 2 is 1.86 bits per heavy atom. The summed E-state index contributed by atoms with van der Waals surface area (Å²) in [5, 5.41) is 4.89. The standard InChI is InChI=1S/C21H26N2O3S.Y/c1-15-14-27-19(21(25)26-3)18(15)22-20(24)16(2)23(11-7-8-12-23)13-17-9-5-4-6-10-17;/h4-6,9-10,14,16H,7-8,11-13H2,1-3H3;/p+1. The number of hydrogen-bond donors (Lipinski definition) is 1. The monoisotopic (exact) mass is 476 g/mol. The quantitative estimate of drug-likeness (QED) is 0.507. The Labute approximate surface area is 195 Å². The molecule has 0 saturated carbocycles. The number of anilines is 1. The summed E-state index contributed by atoms with van der Waals surface area (Å²) in [7, 11) is 1.36. The summed E-state index contributed by atoms with van der Waals surface area (Å²) in [5.74, 6) is -0.454. The van der Waals surface area contributed by atoms with Gasteiger partial charge in [0.05, 0.1) is 25.9 Å². The molecular formula is C21H27N2O3SY+. The molecular weight excluding hydrogens is 449 g/mol. The van der Waals surface area contributed by atoms with Gasteiger partial charge in [-0.05, 0) is 24.8 Å². The summed E-state index contributed by atoms with van der Waals surface area (Å²) in [5.41, 5.74) is 2.72. The molecule has 28 heavy (non-hydrogen) atoms. The molecule has 1 saturated heterocycles. The van der Waals surface area contributed by atoms with Gasteiger partial charge in [0.2, 0.25) is 0 Å². The molecule has 1 N–H and O–H groups in total. The number of aryl methyl sites for hydroxylation is 1. The number of thiophene rings is 1. The van der Waals surface area contributed by atoms with Crippen molar-refractivity contribution in [3.05, 3.63) is 51.7 Å². The summed E-state index contributed by atoms with van der Waals surface area (Å²) < 4.78 is 5.60. The van der Waals surface area contributed by atoms with E-state index in [0.717, 1.165) is 42.5 Å². The SMILES string of the molecule is COC(=O)c1scc(C)c1NC(=O)C(C)[N+]1(Cc2ccccc2)CCCC1.[Y]. The van der Waals surface area contributed by atoms with Crippen LogP contribution in [0.5, 0.6) is 0 Å². The number of hydrogen-bond acceptors (Lipinski definition) is 4. The Morgan fingerprint density at radius 3 is 2.46 bits per heavy atom. The predicted molar refractivity (Wildman–Crippen MR) is 108 cm³/mol. The normalized spacial score (nSPS) is 16.1. The van der Waals surface area contributed by atoms with Crippen molar-refractivity contribution in [2.45, 2.75) is 39.3 Å². The Bertz CT molecular complexity index is 816. The largest absolute Gasteiger partial charge is 0.465 e. The number of benzene rings is 1. The van der Waals surface area contributed by atoms with Gasteiger partial charge in [0.1, 0.15) is 11.4 Å². The van der Waals surface area contributed by atoms with Crippen LogP contribution in [0.4, 0.5) is 5.69 Å². The third-order valence-electron chi connectivity index (χ3n) is 5.59. The summed E-state index contributed by atoms with van der Waals surface area (Å²) >= 11 is 1.30. The van der Waals surface area contributed by atoms with E-state index in [9.17, 15) is 9.59 Å². The van der Waals surface area contributed by atoms with Crippen molar-refractivity contribution in [2.24, 2.45) is 0 Å². The van der Waals surface area contributed by atoms with E-state index in [1.54, 1.807) is 0 Å². The molecule has 0 aliphatic carbocycles. The van der Waals surface area contributed by atoms with E-state index in [-0.39, 0.29) is 44.7 Å². The zero-order valence-corrected chi connectivity index (χ0v) is 20.4. The number of nitrogens with zero attached hydrogens (tertiary/aromatic N) is 1. The fourth-order valence-corrected chi connectivity index (χ4v) is 4.84. The van der Waals surface area contributed by atoms with Crippen molar-refractivity contribution in [2.75, 3.05) is 25.5 Å². The van der Waals surface area contributed by atoms with Gasteiger partial charge in [-0.2, -0.15) is 0 Å². The summed E-state index contributed by atoms with van der Waals surface area (Å²) in [6.07, 6.45) is 2.27. The molecule has 1 fully saturated rings. The maximum absolute atomic E-state index is 13.1. The molecule has 1 atom stereocenters. The molecule has 7 heteroatoms. The topological polar surface area (TPSA) is 55.4 Å². The van der Waals surface area contributed by atoms with Crippen LogP contribution in [0.3, 0.4) is 0 Å². The van der Waals surface area contributed by atoms with Gasteiger partial charge >= 0.3 is 5.97 Å². The maximum atomic E-state index is 13.1. The van der Waals surface area contributed by atoms with Gasteiger partial charge in [-0.25, -0.2) is 4.79 Å². The van der Waals surface area contributed by atoms with Gasteiger partial charge in [0.15, 0.2) is 6.04 Å². The van der Waals surface area contributed by atoms with Crippen LogP contribution < -0.4 is 5.32 Å². The summed E-state index contributed by atoms with van der Waals surface area (Å²) in [4.78, 5) is 25.6. The average molecular weight is 476 g/mol. The fourth-order valence-electron chi connectivity index (χ4n) is 3.91. The number of esters is 1. The van der Waals surface area contributed by atoms with Crippen LogP contribution in [-0.4, -0.2) is 42.6 Å². The zero-order chi connectivity index (χ0) is 19.4. The van der Waals surface area contributed by atoms with Gasteiger partial charge < -0.3 is 14.5 Å². The molecule has 1 unspecified atom stereocenters. The molecule has 1 radical (unpaired) electrons. The number of carbonyl (C=O) groups excluding carboxylic acids is 2. The second-order valence-electron chi connectivity index (χ2n) is 7.30. The van der Waals surface area contributed by atoms with Gasteiger partial charge in [-0.1, -0.05) is 30.3 Å². The molecule has 2 aromatic rings. The summed E-state index contributed by atoms with van der Waals surface area (Å²) in [6, 6.07) is 10.2. The minimum Gasteiger partial charge on any atom is -0.465 e. The molecule has 1 amide bonds. The Balaban J connectivity index is 0.00000280. The minimum atomic E-state index is -0.412. The Kier molecular flexibility index (Phi) is 8.37. The van der Waals surface area contributed by atoms with E-state index >= 15 is 0 Å². The van der Waals surface area contributed by atoms with E-state index < -0.39 is 5.97 Å². The molecule has 1 aliphatic heterocycles. The smallest absolute Gasteiger partial charge is 0.350 e. The van der Waals surface area contributed by atoms with Crippen LogP contribution in [0, 0.1) is 6.92 Å². The number of nitrogens with one attached hydrogen (secondary N) is 1. The van der Waals surface area contributed by atoms with Crippen molar-refractivity contribution < 1.29 is 51.5 Å². The van der Waals surface area contributed by atoms with Gasteiger partial charge in [-0.15, -0.1) is 11.3 Å². The third-order valence-corrected chi connectivity index (χ3v) is 6.67. The van der Waals surface area contributed by atoms with Crippen molar-refractivity contribution in [3.63, 3.8) is 0 Å². The van der Waals surface area contributed by atoms with Gasteiger partial charge in [-0.3, -0.25) is 4.79 Å². The molecule has 1 aromatic carbocycles. The number of rotatable bonds is 6. The minimum absolute atomic E-state index is 0. The first kappa shape index (κ1) is 23.2. The first-order valence-electron chi connectivity index (χ1n) is 9.34.